The Morgan fingerprint density at radius 2 is 1.94 bits per heavy atom. The summed E-state index contributed by atoms with van der Waals surface area (Å²) >= 11 is 1.64. The van der Waals surface area contributed by atoms with Crippen LogP contribution in [0.15, 0.2) is 84.0 Å². The predicted octanol–water partition coefficient (Wildman–Crippen LogP) is 5.19. The number of pyridine rings is 1. The number of amides is 1. The third-order valence-electron chi connectivity index (χ3n) is 5.34. The average Bonchev–Trinajstić information content (AvgIpc) is 3.23. The smallest absolute Gasteiger partial charge is 0.252 e. The van der Waals surface area contributed by atoms with Gasteiger partial charge in [-0.1, -0.05) is 30.3 Å². The summed E-state index contributed by atoms with van der Waals surface area (Å²) in [6.07, 6.45) is 4.03. The van der Waals surface area contributed by atoms with Gasteiger partial charge in [-0.3, -0.25) is 4.79 Å². The van der Waals surface area contributed by atoms with Gasteiger partial charge in [0.15, 0.2) is 0 Å². The fourth-order valence-corrected chi connectivity index (χ4v) is 4.62. The molecule has 0 unspecified atom stereocenters. The number of nitrogens with zero attached hydrogens (tertiary/aromatic N) is 3. The minimum atomic E-state index is -0.0385. The first-order valence-electron chi connectivity index (χ1n) is 10.9. The number of thioether (sulfide) groups is 1. The van der Waals surface area contributed by atoms with E-state index in [1.807, 2.05) is 59.3 Å². The first kappa shape index (κ1) is 22.0. The summed E-state index contributed by atoms with van der Waals surface area (Å²) in [6, 6.07) is 22.2. The van der Waals surface area contributed by atoms with Crippen molar-refractivity contribution in [1.82, 2.24) is 14.7 Å². The molecule has 1 N–H and O–H groups in total. The number of likely N-dealkylation sites (N-methyl/N-ethyl adjacent to an activating group) is 1. The molecule has 5 nitrogen and oxygen atoms in total. The second-order valence-electron chi connectivity index (χ2n) is 7.66. The van der Waals surface area contributed by atoms with Crippen molar-refractivity contribution in [3.8, 4) is 0 Å². The zero-order valence-corrected chi connectivity index (χ0v) is 19.3. The summed E-state index contributed by atoms with van der Waals surface area (Å²) in [5.74, 6) is 0.673. The monoisotopic (exact) mass is 444 g/mol. The quantitative estimate of drug-likeness (QED) is 0.361. The van der Waals surface area contributed by atoms with Gasteiger partial charge in [0.2, 0.25) is 0 Å². The van der Waals surface area contributed by atoms with Crippen molar-refractivity contribution in [2.24, 2.45) is 0 Å². The van der Waals surface area contributed by atoms with E-state index in [4.69, 9.17) is 0 Å². The molecule has 1 amide bonds. The average molecular weight is 445 g/mol. The van der Waals surface area contributed by atoms with E-state index in [0.717, 1.165) is 29.3 Å². The standard InChI is InChI=1S/C26H28N4OS/c1-3-29(22-10-8-9-20(2)17-22)16-14-27-26(31)23-11-4-5-12-24(23)32-19-21-18-30-15-7-6-13-25(30)28-21/h4-13,15,17-18H,3,14,16,19H2,1-2H3,(H,27,31). The van der Waals surface area contributed by atoms with E-state index < -0.39 is 0 Å². The van der Waals surface area contributed by atoms with Gasteiger partial charge < -0.3 is 14.6 Å². The molecule has 6 heteroatoms. The highest BCUT2D eigenvalue weighted by Gasteiger charge is 2.13. The van der Waals surface area contributed by atoms with Crippen molar-refractivity contribution in [3.63, 3.8) is 0 Å². The maximum absolute atomic E-state index is 12.9. The SMILES string of the molecule is CCN(CCNC(=O)c1ccccc1SCc1cn2ccccc2n1)c1cccc(C)c1. The van der Waals surface area contributed by atoms with Gasteiger partial charge in [-0.15, -0.1) is 11.8 Å². The number of aryl methyl sites for hydroxylation is 1. The van der Waals surface area contributed by atoms with Crippen LogP contribution >= 0.6 is 11.8 Å². The van der Waals surface area contributed by atoms with Crippen LogP contribution in [0.1, 0.15) is 28.5 Å². The third kappa shape index (κ3) is 5.32. The first-order chi connectivity index (χ1) is 15.6. The Bertz CT molecular complexity index is 1170. The van der Waals surface area contributed by atoms with E-state index in [1.165, 1.54) is 11.3 Å². The van der Waals surface area contributed by atoms with Crippen LogP contribution < -0.4 is 10.2 Å². The van der Waals surface area contributed by atoms with Gasteiger partial charge in [-0.2, -0.15) is 0 Å². The van der Waals surface area contributed by atoms with E-state index in [9.17, 15) is 4.79 Å². The first-order valence-corrected chi connectivity index (χ1v) is 11.9. The van der Waals surface area contributed by atoms with Gasteiger partial charge in [-0.05, 0) is 55.8 Å². The van der Waals surface area contributed by atoms with Crippen molar-refractivity contribution in [2.75, 3.05) is 24.5 Å². The van der Waals surface area contributed by atoms with E-state index in [1.54, 1.807) is 11.8 Å². The van der Waals surface area contributed by atoms with Crippen molar-refractivity contribution in [1.29, 1.82) is 0 Å². The summed E-state index contributed by atoms with van der Waals surface area (Å²) in [4.78, 5) is 20.8. The molecule has 164 valence electrons. The number of benzene rings is 2. The van der Waals surface area contributed by atoms with Gasteiger partial charge in [0, 0.05) is 48.4 Å². The lowest BCUT2D eigenvalue weighted by atomic mass is 10.2. The van der Waals surface area contributed by atoms with Crippen LogP contribution in [0.3, 0.4) is 0 Å². The second-order valence-corrected chi connectivity index (χ2v) is 8.67. The van der Waals surface area contributed by atoms with Crippen molar-refractivity contribution >= 4 is 29.0 Å². The summed E-state index contributed by atoms with van der Waals surface area (Å²) in [5, 5.41) is 3.09. The molecule has 0 radical (unpaired) electrons. The van der Waals surface area contributed by atoms with Gasteiger partial charge in [0.1, 0.15) is 5.65 Å². The Kier molecular flexibility index (Phi) is 7.12. The number of anilines is 1. The molecular formula is C26H28N4OS. The maximum Gasteiger partial charge on any atom is 0.252 e. The number of carbonyl (C=O) groups is 1. The molecule has 4 rings (SSSR count). The summed E-state index contributed by atoms with van der Waals surface area (Å²) in [6.45, 7) is 6.48. The van der Waals surface area contributed by atoms with E-state index >= 15 is 0 Å². The van der Waals surface area contributed by atoms with Crippen LogP contribution in [0.4, 0.5) is 5.69 Å². The Hall–Kier alpha value is -3.25. The minimum Gasteiger partial charge on any atom is -0.370 e. The van der Waals surface area contributed by atoms with Crippen molar-refractivity contribution in [2.45, 2.75) is 24.5 Å². The van der Waals surface area contributed by atoms with Gasteiger partial charge in [-0.25, -0.2) is 4.98 Å². The molecule has 0 atom stereocenters. The molecular weight excluding hydrogens is 416 g/mol. The highest BCUT2D eigenvalue weighted by molar-refractivity contribution is 7.98. The van der Waals surface area contributed by atoms with Gasteiger partial charge >= 0.3 is 0 Å². The molecule has 0 bridgehead atoms. The lowest BCUT2D eigenvalue weighted by molar-refractivity contribution is 0.0951. The molecule has 0 fully saturated rings. The van der Waals surface area contributed by atoms with E-state index in [-0.39, 0.29) is 5.91 Å². The summed E-state index contributed by atoms with van der Waals surface area (Å²) in [5.41, 5.74) is 5.06. The number of rotatable bonds is 9. The van der Waals surface area contributed by atoms with Gasteiger partial charge in [0.25, 0.3) is 5.91 Å². The van der Waals surface area contributed by atoms with Gasteiger partial charge in [0.05, 0.1) is 11.3 Å². The fraction of sp³-hybridized carbons (Fsp3) is 0.231. The van der Waals surface area contributed by atoms with E-state index in [0.29, 0.717) is 17.9 Å². The lowest BCUT2D eigenvalue weighted by Crippen LogP contribution is -2.35. The number of fused-ring (bicyclic) bond motifs is 1. The van der Waals surface area contributed by atoms with Crippen LogP contribution in [0.5, 0.6) is 0 Å². The Morgan fingerprint density at radius 3 is 2.75 bits per heavy atom. The number of aromatic nitrogens is 2. The molecule has 0 saturated heterocycles. The molecule has 2 heterocycles. The predicted molar refractivity (Wildman–Crippen MR) is 133 cm³/mol. The zero-order chi connectivity index (χ0) is 22.3. The summed E-state index contributed by atoms with van der Waals surface area (Å²) in [7, 11) is 0. The molecule has 0 spiro atoms. The molecule has 32 heavy (non-hydrogen) atoms. The Balaban J connectivity index is 1.36. The highest BCUT2D eigenvalue weighted by Crippen LogP contribution is 2.26. The molecule has 0 saturated carbocycles. The summed E-state index contributed by atoms with van der Waals surface area (Å²) < 4.78 is 2.02. The number of imidazole rings is 1. The number of hydrogen-bond donors (Lipinski definition) is 1. The largest absolute Gasteiger partial charge is 0.370 e. The normalized spacial score (nSPS) is 10.9. The highest BCUT2D eigenvalue weighted by atomic mass is 32.2. The second kappa shape index (κ2) is 10.4. The molecule has 4 aromatic rings. The lowest BCUT2D eigenvalue weighted by Gasteiger charge is -2.23. The van der Waals surface area contributed by atoms with Crippen molar-refractivity contribution < 1.29 is 4.79 Å². The Labute approximate surface area is 193 Å². The topological polar surface area (TPSA) is 49.6 Å². The van der Waals surface area contributed by atoms with Crippen LogP contribution in [0.2, 0.25) is 0 Å². The maximum atomic E-state index is 12.9. The van der Waals surface area contributed by atoms with E-state index in [2.05, 4.69) is 53.3 Å². The van der Waals surface area contributed by atoms with Crippen LogP contribution in [0, 0.1) is 6.92 Å². The molecule has 0 aliphatic rings. The molecule has 2 aromatic heterocycles. The number of hydrogen-bond acceptors (Lipinski definition) is 4. The Morgan fingerprint density at radius 1 is 1.09 bits per heavy atom. The van der Waals surface area contributed by atoms with Crippen LogP contribution in [0.25, 0.3) is 5.65 Å². The molecule has 0 aliphatic heterocycles. The van der Waals surface area contributed by atoms with Crippen molar-refractivity contribution in [3.05, 3.63) is 95.9 Å². The fourth-order valence-electron chi connectivity index (χ4n) is 3.68. The third-order valence-corrected chi connectivity index (χ3v) is 6.44. The molecule has 0 aliphatic carbocycles. The number of carbonyl (C=O) groups excluding carboxylic acids is 1. The van der Waals surface area contributed by atoms with Crippen LogP contribution in [-0.2, 0) is 5.75 Å². The molecule has 2 aromatic carbocycles. The minimum absolute atomic E-state index is 0.0385. The number of nitrogens with one attached hydrogen (secondary N) is 1. The van der Waals surface area contributed by atoms with Crippen LogP contribution in [-0.4, -0.2) is 34.9 Å². The zero-order valence-electron chi connectivity index (χ0n) is 18.5.